The van der Waals surface area contributed by atoms with Crippen LogP contribution in [0.5, 0.6) is 0 Å². The third-order valence-corrected chi connectivity index (χ3v) is 3.75. The van der Waals surface area contributed by atoms with Crippen LogP contribution in [-0.4, -0.2) is 24.4 Å². The summed E-state index contributed by atoms with van der Waals surface area (Å²) in [7, 11) is 1.71. The Hall–Kier alpha value is -2.11. The van der Waals surface area contributed by atoms with Crippen molar-refractivity contribution >= 4 is 17.3 Å². The lowest BCUT2D eigenvalue weighted by atomic mass is 10.1. The van der Waals surface area contributed by atoms with Crippen LogP contribution < -0.4 is 10.6 Å². The van der Waals surface area contributed by atoms with Gasteiger partial charge in [-0.1, -0.05) is 12.8 Å². The summed E-state index contributed by atoms with van der Waals surface area (Å²) in [5, 5.41) is 16.7. The predicted octanol–water partition coefficient (Wildman–Crippen LogP) is 2.56. The number of anilines is 1. The summed E-state index contributed by atoms with van der Waals surface area (Å²) in [6.07, 6.45) is 4.66. The molecule has 2 rings (SSSR count). The van der Waals surface area contributed by atoms with E-state index in [2.05, 4.69) is 10.6 Å². The summed E-state index contributed by atoms with van der Waals surface area (Å²) in [5.74, 6) is 0.131. The van der Waals surface area contributed by atoms with Gasteiger partial charge in [0, 0.05) is 25.3 Å². The normalized spacial score (nSPS) is 15.1. The van der Waals surface area contributed by atoms with Gasteiger partial charge in [0.25, 0.3) is 11.6 Å². The predicted molar refractivity (Wildman–Crippen MR) is 76.9 cm³/mol. The second-order valence-electron chi connectivity index (χ2n) is 5.10. The smallest absolute Gasteiger partial charge is 0.282 e. The van der Waals surface area contributed by atoms with Crippen LogP contribution in [0, 0.1) is 16.0 Å². The molecule has 1 saturated carbocycles. The molecule has 0 unspecified atom stereocenters. The van der Waals surface area contributed by atoms with Crippen LogP contribution >= 0.6 is 0 Å². The van der Waals surface area contributed by atoms with Crippen molar-refractivity contribution < 1.29 is 9.72 Å². The van der Waals surface area contributed by atoms with Crippen molar-refractivity contribution in [3.05, 3.63) is 33.9 Å². The Labute approximate surface area is 117 Å². The van der Waals surface area contributed by atoms with E-state index in [1.54, 1.807) is 13.1 Å². The fraction of sp³-hybridized carbons (Fsp3) is 0.500. The Bertz CT molecular complexity index is 510. The number of hydrogen-bond donors (Lipinski definition) is 2. The average molecular weight is 277 g/mol. The zero-order chi connectivity index (χ0) is 14.5. The summed E-state index contributed by atoms with van der Waals surface area (Å²) < 4.78 is 0. The molecule has 0 saturated heterocycles. The topological polar surface area (TPSA) is 84.3 Å². The van der Waals surface area contributed by atoms with Gasteiger partial charge < -0.3 is 10.6 Å². The van der Waals surface area contributed by atoms with E-state index in [0.717, 1.165) is 12.8 Å². The quantitative estimate of drug-likeness (QED) is 0.640. The fourth-order valence-electron chi connectivity index (χ4n) is 2.58. The SMILES string of the molecule is CNc1ccc([N+](=O)[O-])c(C(=O)NCC2CCCC2)c1. The van der Waals surface area contributed by atoms with E-state index in [1.165, 1.54) is 25.0 Å². The monoisotopic (exact) mass is 277 g/mol. The van der Waals surface area contributed by atoms with Crippen LogP contribution in [0.1, 0.15) is 36.0 Å². The zero-order valence-corrected chi connectivity index (χ0v) is 11.5. The third kappa shape index (κ3) is 3.26. The molecule has 0 aromatic heterocycles. The lowest BCUT2D eigenvalue weighted by Crippen LogP contribution is -2.29. The van der Waals surface area contributed by atoms with Crippen molar-refractivity contribution in [2.45, 2.75) is 25.7 Å². The van der Waals surface area contributed by atoms with Crippen LogP contribution in [0.3, 0.4) is 0 Å². The minimum Gasteiger partial charge on any atom is -0.388 e. The minimum atomic E-state index is -0.524. The van der Waals surface area contributed by atoms with Gasteiger partial charge in [0.1, 0.15) is 5.56 Å². The second-order valence-corrected chi connectivity index (χ2v) is 5.10. The van der Waals surface area contributed by atoms with Gasteiger partial charge in [-0.3, -0.25) is 14.9 Å². The molecular formula is C14H19N3O3. The zero-order valence-electron chi connectivity index (χ0n) is 11.5. The Balaban J connectivity index is 2.11. The number of carbonyl (C=O) groups excluding carboxylic acids is 1. The Morgan fingerprint density at radius 1 is 1.40 bits per heavy atom. The van der Waals surface area contributed by atoms with Crippen molar-refractivity contribution in [1.82, 2.24) is 5.32 Å². The molecule has 1 amide bonds. The Kier molecular flexibility index (Phi) is 4.55. The van der Waals surface area contributed by atoms with E-state index in [0.29, 0.717) is 18.2 Å². The first kappa shape index (κ1) is 14.3. The first-order chi connectivity index (χ1) is 9.61. The highest BCUT2D eigenvalue weighted by atomic mass is 16.6. The summed E-state index contributed by atoms with van der Waals surface area (Å²) in [6.45, 7) is 0.597. The van der Waals surface area contributed by atoms with Gasteiger partial charge in [0.15, 0.2) is 0 Å². The van der Waals surface area contributed by atoms with Gasteiger partial charge >= 0.3 is 0 Å². The Morgan fingerprint density at radius 3 is 2.70 bits per heavy atom. The van der Waals surface area contributed by atoms with Crippen LogP contribution in [0.15, 0.2) is 18.2 Å². The number of amides is 1. The maximum absolute atomic E-state index is 12.2. The van der Waals surface area contributed by atoms with E-state index >= 15 is 0 Å². The van der Waals surface area contributed by atoms with E-state index in [9.17, 15) is 14.9 Å². The molecule has 108 valence electrons. The molecule has 0 aliphatic heterocycles. The fourth-order valence-corrected chi connectivity index (χ4v) is 2.58. The number of carbonyl (C=O) groups is 1. The molecular weight excluding hydrogens is 258 g/mol. The molecule has 0 radical (unpaired) electrons. The highest BCUT2D eigenvalue weighted by Crippen LogP contribution is 2.25. The van der Waals surface area contributed by atoms with E-state index < -0.39 is 4.92 Å². The van der Waals surface area contributed by atoms with Crippen LogP contribution in [0.2, 0.25) is 0 Å². The molecule has 0 heterocycles. The molecule has 1 aliphatic carbocycles. The maximum atomic E-state index is 12.2. The van der Waals surface area contributed by atoms with E-state index in [1.807, 2.05) is 0 Å². The summed E-state index contributed by atoms with van der Waals surface area (Å²) in [6, 6.07) is 4.46. The first-order valence-corrected chi connectivity index (χ1v) is 6.86. The van der Waals surface area contributed by atoms with Gasteiger partial charge in [-0.25, -0.2) is 0 Å². The van der Waals surface area contributed by atoms with Crippen LogP contribution in [0.25, 0.3) is 0 Å². The number of nitrogens with one attached hydrogen (secondary N) is 2. The van der Waals surface area contributed by atoms with Gasteiger partial charge in [-0.05, 0) is 30.9 Å². The third-order valence-electron chi connectivity index (χ3n) is 3.75. The molecule has 1 aromatic carbocycles. The number of nitro groups is 1. The summed E-state index contributed by atoms with van der Waals surface area (Å²) in [4.78, 5) is 22.6. The molecule has 1 aliphatic rings. The molecule has 6 nitrogen and oxygen atoms in total. The highest BCUT2D eigenvalue weighted by molar-refractivity contribution is 5.99. The van der Waals surface area contributed by atoms with E-state index in [-0.39, 0.29) is 17.2 Å². The van der Waals surface area contributed by atoms with Crippen LogP contribution in [0.4, 0.5) is 11.4 Å². The maximum Gasteiger partial charge on any atom is 0.282 e. The summed E-state index contributed by atoms with van der Waals surface area (Å²) >= 11 is 0. The largest absolute Gasteiger partial charge is 0.388 e. The average Bonchev–Trinajstić information content (AvgIpc) is 2.97. The number of nitro benzene ring substituents is 1. The van der Waals surface area contributed by atoms with Gasteiger partial charge in [0.05, 0.1) is 4.92 Å². The van der Waals surface area contributed by atoms with E-state index in [4.69, 9.17) is 0 Å². The number of rotatable bonds is 5. The van der Waals surface area contributed by atoms with Crippen LogP contribution in [-0.2, 0) is 0 Å². The Morgan fingerprint density at radius 2 is 2.10 bits per heavy atom. The van der Waals surface area contributed by atoms with Gasteiger partial charge in [-0.2, -0.15) is 0 Å². The number of benzene rings is 1. The molecule has 1 aromatic rings. The summed E-state index contributed by atoms with van der Waals surface area (Å²) in [5.41, 5.74) is 0.634. The molecule has 6 heteroatoms. The van der Waals surface area contributed by atoms with Crippen molar-refractivity contribution in [3.8, 4) is 0 Å². The van der Waals surface area contributed by atoms with Crippen molar-refractivity contribution in [2.75, 3.05) is 18.9 Å². The lowest BCUT2D eigenvalue weighted by Gasteiger charge is -2.11. The molecule has 2 N–H and O–H groups in total. The standard InChI is InChI=1S/C14H19N3O3/c1-15-11-6-7-13(17(19)20)12(8-11)14(18)16-9-10-4-2-3-5-10/h6-8,10,15H,2-5,9H2,1H3,(H,16,18). The van der Waals surface area contributed by atoms with Gasteiger partial charge in [-0.15, -0.1) is 0 Å². The molecule has 20 heavy (non-hydrogen) atoms. The molecule has 0 atom stereocenters. The van der Waals surface area contributed by atoms with Gasteiger partial charge in [0.2, 0.25) is 0 Å². The first-order valence-electron chi connectivity index (χ1n) is 6.86. The lowest BCUT2D eigenvalue weighted by molar-refractivity contribution is -0.385. The molecule has 0 bridgehead atoms. The highest BCUT2D eigenvalue weighted by Gasteiger charge is 2.22. The number of nitrogens with zero attached hydrogens (tertiary/aromatic N) is 1. The second kappa shape index (κ2) is 6.36. The van der Waals surface area contributed by atoms with Crippen molar-refractivity contribution in [1.29, 1.82) is 0 Å². The van der Waals surface area contributed by atoms with Crippen molar-refractivity contribution in [3.63, 3.8) is 0 Å². The number of hydrogen-bond acceptors (Lipinski definition) is 4. The van der Waals surface area contributed by atoms with Crippen molar-refractivity contribution in [2.24, 2.45) is 5.92 Å². The molecule has 0 spiro atoms. The minimum absolute atomic E-state index is 0.111. The molecule has 1 fully saturated rings.